The molecule has 28 heavy (non-hydrogen) atoms. The van der Waals surface area contributed by atoms with E-state index in [0.29, 0.717) is 11.5 Å². The highest BCUT2D eigenvalue weighted by Crippen LogP contribution is 2.23. The van der Waals surface area contributed by atoms with Crippen LogP contribution in [0.3, 0.4) is 0 Å². The average molecular weight is 420 g/mol. The molecule has 0 radical (unpaired) electrons. The van der Waals surface area contributed by atoms with E-state index in [4.69, 9.17) is 0 Å². The zero-order valence-electron chi connectivity index (χ0n) is 15.4. The minimum absolute atomic E-state index is 0. The number of nitrogens with one attached hydrogen (secondary N) is 2. The average Bonchev–Trinajstić information content (AvgIpc) is 3.09. The number of hydrogen-bond acceptors (Lipinski definition) is 5. The van der Waals surface area contributed by atoms with Gasteiger partial charge in [0.05, 0.1) is 11.9 Å². The number of nitrogens with zero attached hydrogens (tertiary/aromatic N) is 3. The second-order valence-electron chi connectivity index (χ2n) is 6.50. The van der Waals surface area contributed by atoms with E-state index in [1.165, 1.54) is 16.4 Å². The number of hydrogen-bond donors (Lipinski definition) is 2. The molecule has 1 atom stereocenters. The number of rotatable bonds is 5. The first-order valence-corrected chi connectivity index (χ1v) is 10.3. The summed E-state index contributed by atoms with van der Waals surface area (Å²) in [4.78, 5) is 4.39. The Morgan fingerprint density at radius 2 is 2.00 bits per heavy atom. The fourth-order valence-electron chi connectivity index (χ4n) is 3.41. The van der Waals surface area contributed by atoms with Crippen molar-refractivity contribution in [2.45, 2.75) is 24.3 Å². The van der Waals surface area contributed by atoms with Crippen LogP contribution in [0.15, 0.2) is 59.8 Å². The van der Waals surface area contributed by atoms with Crippen LogP contribution >= 0.6 is 12.4 Å². The van der Waals surface area contributed by atoms with Crippen molar-refractivity contribution < 1.29 is 8.42 Å². The third-order valence-corrected chi connectivity index (χ3v) is 6.34. The lowest BCUT2D eigenvalue weighted by molar-refractivity contribution is 0.491. The van der Waals surface area contributed by atoms with Crippen LogP contribution in [0.4, 0.5) is 0 Å². The van der Waals surface area contributed by atoms with Gasteiger partial charge in [-0.1, -0.05) is 30.3 Å². The SMILES string of the molecule is Cc1c(S(=O)(=O)NCC2NCCc3ccccc32)cnn1-c1ccccn1.Cl. The van der Waals surface area contributed by atoms with Gasteiger partial charge in [0, 0.05) is 18.8 Å². The van der Waals surface area contributed by atoms with Crippen LogP contribution in [0.25, 0.3) is 5.82 Å². The number of aromatic nitrogens is 3. The van der Waals surface area contributed by atoms with Crippen molar-refractivity contribution in [3.63, 3.8) is 0 Å². The van der Waals surface area contributed by atoms with Gasteiger partial charge in [-0.05, 0) is 43.1 Å². The maximum Gasteiger partial charge on any atom is 0.244 e. The third kappa shape index (κ3) is 3.95. The summed E-state index contributed by atoms with van der Waals surface area (Å²) in [5.74, 6) is 0.583. The van der Waals surface area contributed by atoms with E-state index >= 15 is 0 Å². The molecule has 2 aromatic heterocycles. The molecule has 7 nitrogen and oxygen atoms in total. The lowest BCUT2D eigenvalue weighted by atomic mass is 9.95. The van der Waals surface area contributed by atoms with E-state index in [0.717, 1.165) is 18.5 Å². The van der Waals surface area contributed by atoms with Gasteiger partial charge >= 0.3 is 0 Å². The Labute approximate surface area is 170 Å². The molecule has 1 aliphatic rings. The third-order valence-electron chi connectivity index (χ3n) is 4.81. The van der Waals surface area contributed by atoms with Crippen LogP contribution < -0.4 is 10.0 Å². The molecule has 1 aromatic carbocycles. The summed E-state index contributed by atoms with van der Waals surface area (Å²) >= 11 is 0. The first kappa shape index (κ1) is 20.5. The van der Waals surface area contributed by atoms with E-state index in [2.05, 4.69) is 26.2 Å². The molecule has 1 unspecified atom stereocenters. The first-order chi connectivity index (χ1) is 13.1. The van der Waals surface area contributed by atoms with Crippen molar-refractivity contribution in [1.82, 2.24) is 24.8 Å². The Morgan fingerprint density at radius 1 is 1.21 bits per heavy atom. The van der Waals surface area contributed by atoms with Gasteiger partial charge in [-0.15, -0.1) is 12.4 Å². The lowest BCUT2D eigenvalue weighted by Crippen LogP contribution is -2.38. The summed E-state index contributed by atoms with van der Waals surface area (Å²) in [6.45, 7) is 2.85. The standard InChI is InChI=1S/C19H21N5O2S.ClH/c1-14-18(13-22-24(14)19-8-4-5-10-21-19)27(25,26)23-12-17-16-7-3-2-6-15(16)9-11-20-17;/h2-8,10,13,17,20,23H,9,11-12H2,1H3;1H. The first-order valence-electron chi connectivity index (χ1n) is 8.83. The molecular formula is C19H22ClN5O2S. The smallest absolute Gasteiger partial charge is 0.244 e. The molecule has 0 saturated carbocycles. The van der Waals surface area contributed by atoms with Crippen molar-refractivity contribution in [3.05, 3.63) is 71.7 Å². The summed E-state index contributed by atoms with van der Waals surface area (Å²) in [6.07, 6.45) is 3.97. The van der Waals surface area contributed by atoms with Crippen molar-refractivity contribution in [2.24, 2.45) is 0 Å². The molecule has 0 bridgehead atoms. The van der Waals surface area contributed by atoms with Gasteiger partial charge in [-0.2, -0.15) is 5.10 Å². The molecule has 0 fully saturated rings. The Kier molecular flexibility index (Phi) is 6.14. The van der Waals surface area contributed by atoms with Crippen molar-refractivity contribution in [3.8, 4) is 5.82 Å². The molecule has 9 heteroatoms. The number of sulfonamides is 1. The summed E-state index contributed by atoms with van der Waals surface area (Å²) in [5, 5.41) is 7.59. The quantitative estimate of drug-likeness (QED) is 0.661. The van der Waals surface area contributed by atoms with Gasteiger partial charge in [-0.3, -0.25) is 0 Å². The number of benzene rings is 1. The summed E-state index contributed by atoms with van der Waals surface area (Å²) in [5.41, 5.74) is 2.94. The van der Waals surface area contributed by atoms with E-state index in [1.807, 2.05) is 24.3 Å². The topological polar surface area (TPSA) is 88.9 Å². The minimum Gasteiger partial charge on any atom is -0.308 e. The molecular weight excluding hydrogens is 398 g/mol. The zero-order chi connectivity index (χ0) is 18.9. The fraction of sp³-hybridized carbons (Fsp3) is 0.263. The molecule has 2 N–H and O–H groups in total. The summed E-state index contributed by atoms with van der Waals surface area (Å²) < 4.78 is 29.9. The maximum absolute atomic E-state index is 12.8. The number of halogens is 1. The predicted octanol–water partition coefficient (Wildman–Crippen LogP) is 2.16. The Bertz CT molecular complexity index is 1050. The molecule has 1 aliphatic heterocycles. The van der Waals surface area contributed by atoms with Crippen LogP contribution in [-0.2, 0) is 16.4 Å². The highest BCUT2D eigenvalue weighted by atomic mass is 35.5. The van der Waals surface area contributed by atoms with Gasteiger partial charge in [0.15, 0.2) is 5.82 Å². The maximum atomic E-state index is 12.8. The Morgan fingerprint density at radius 3 is 2.79 bits per heavy atom. The Balaban J connectivity index is 0.00000225. The summed E-state index contributed by atoms with van der Waals surface area (Å²) in [6, 6.07) is 13.5. The molecule has 4 rings (SSSR count). The van der Waals surface area contributed by atoms with Gasteiger partial charge in [-0.25, -0.2) is 22.8 Å². The zero-order valence-corrected chi connectivity index (χ0v) is 17.0. The second-order valence-corrected chi connectivity index (χ2v) is 8.24. The van der Waals surface area contributed by atoms with Crippen LogP contribution in [-0.4, -0.2) is 36.3 Å². The predicted molar refractivity (Wildman–Crippen MR) is 109 cm³/mol. The van der Waals surface area contributed by atoms with Gasteiger partial charge < -0.3 is 5.32 Å². The van der Waals surface area contributed by atoms with Crippen LogP contribution in [0.1, 0.15) is 22.9 Å². The second kappa shape index (κ2) is 8.40. The van der Waals surface area contributed by atoms with E-state index in [1.54, 1.807) is 25.3 Å². The van der Waals surface area contributed by atoms with Crippen molar-refractivity contribution in [2.75, 3.05) is 13.1 Å². The molecule has 3 heterocycles. The largest absolute Gasteiger partial charge is 0.308 e. The molecule has 3 aromatic rings. The van der Waals surface area contributed by atoms with Crippen LogP contribution in [0, 0.1) is 6.92 Å². The van der Waals surface area contributed by atoms with Gasteiger partial charge in [0.2, 0.25) is 10.0 Å². The van der Waals surface area contributed by atoms with E-state index in [-0.39, 0.29) is 29.9 Å². The molecule has 0 saturated heterocycles. The van der Waals surface area contributed by atoms with E-state index in [9.17, 15) is 8.42 Å². The van der Waals surface area contributed by atoms with Crippen LogP contribution in [0.2, 0.25) is 0 Å². The van der Waals surface area contributed by atoms with Gasteiger partial charge in [0.1, 0.15) is 4.90 Å². The van der Waals surface area contributed by atoms with E-state index < -0.39 is 10.0 Å². The lowest BCUT2D eigenvalue weighted by Gasteiger charge is -2.27. The normalized spacial score (nSPS) is 16.2. The molecule has 0 aliphatic carbocycles. The molecule has 0 spiro atoms. The number of fused-ring (bicyclic) bond motifs is 1. The van der Waals surface area contributed by atoms with Crippen molar-refractivity contribution >= 4 is 22.4 Å². The fourth-order valence-corrected chi connectivity index (χ4v) is 4.62. The van der Waals surface area contributed by atoms with Crippen molar-refractivity contribution in [1.29, 1.82) is 0 Å². The highest BCUT2D eigenvalue weighted by molar-refractivity contribution is 7.89. The Hall–Kier alpha value is -2.26. The summed E-state index contributed by atoms with van der Waals surface area (Å²) in [7, 11) is -3.68. The van der Waals surface area contributed by atoms with Gasteiger partial charge in [0.25, 0.3) is 0 Å². The highest BCUT2D eigenvalue weighted by Gasteiger charge is 2.25. The minimum atomic E-state index is -3.68. The van der Waals surface area contributed by atoms with Crippen LogP contribution in [0.5, 0.6) is 0 Å². The molecule has 0 amide bonds. The number of pyridine rings is 1. The molecule has 148 valence electrons. The monoisotopic (exact) mass is 419 g/mol.